The summed E-state index contributed by atoms with van der Waals surface area (Å²) in [5.41, 5.74) is 1.36. The minimum atomic E-state index is -0.308. The van der Waals surface area contributed by atoms with E-state index >= 15 is 0 Å². The second kappa shape index (κ2) is 9.11. The molecule has 1 spiro atoms. The average molecular weight is 383 g/mol. The summed E-state index contributed by atoms with van der Waals surface area (Å²) in [6.45, 7) is 2.62. The third kappa shape index (κ3) is 4.48. The smallest absolute Gasteiger partial charge is 0.315 e. The number of benzene rings is 1. The molecule has 0 unspecified atom stereocenters. The number of hydrogen-bond acceptors (Lipinski definition) is 3. The van der Waals surface area contributed by atoms with Gasteiger partial charge in [-0.1, -0.05) is 31.2 Å². The molecular formula is C22H29N3O3. The lowest BCUT2D eigenvalue weighted by Crippen LogP contribution is -2.66. The topological polar surface area (TPSA) is 79.5 Å². The van der Waals surface area contributed by atoms with Crippen molar-refractivity contribution in [1.82, 2.24) is 10.6 Å². The summed E-state index contributed by atoms with van der Waals surface area (Å²) < 4.78 is 5.92. The van der Waals surface area contributed by atoms with Crippen molar-refractivity contribution >= 4 is 17.6 Å². The van der Waals surface area contributed by atoms with Crippen molar-refractivity contribution in [3.63, 3.8) is 0 Å². The molecule has 0 heterocycles. The molecule has 1 aromatic rings. The highest BCUT2D eigenvalue weighted by Gasteiger charge is 2.56. The summed E-state index contributed by atoms with van der Waals surface area (Å²) in [4.78, 5) is 24.4. The minimum Gasteiger partial charge on any atom is -0.378 e. The molecule has 2 atom stereocenters. The van der Waals surface area contributed by atoms with E-state index in [1.54, 1.807) is 24.3 Å². The molecule has 150 valence electrons. The molecule has 6 heteroatoms. The highest BCUT2D eigenvalue weighted by atomic mass is 16.5. The fourth-order valence-electron chi connectivity index (χ4n) is 4.53. The Balaban J connectivity index is 1.47. The van der Waals surface area contributed by atoms with Gasteiger partial charge in [-0.25, -0.2) is 4.79 Å². The Bertz CT molecular complexity index is 750. The first-order chi connectivity index (χ1) is 13.6. The number of carbonyl (C=O) groups excluding carboxylic acids is 2. The molecule has 2 saturated carbocycles. The third-order valence-corrected chi connectivity index (χ3v) is 5.97. The molecule has 0 aliphatic heterocycles. The fraction of sp³-hybridized carbons (Fsp3) is 0.545. The summed E-state index contributed by atoms with van der Waals surface area (Å²) in [7, 11) is 0. The first-order valence-corrected chi connectivity index (χ1v) is 10.1. The zero-order valence-corrected chi connectivity index (χ0v) is 16.4. The Morgan fingerprint density at radius 1 is 1.29 bits per heavy atom. The van der Waals surface area contributed by atoms with Gasteiger partial charge in [0, 0.05) is 29.3 Å². The molecule has 3 amide bonds. The van der Waals surface area contributed by atoms with Crippen molar-refractivity contribution in [2.75, 3.05) is 18.5 Å². The van der Waals surface area contributed by atoms with E-state index in [9.17, 15) is 9.59 Å². The summed E-state index contributed by atoms with van der Waals surface area (Å²) in [6.07, 6.45) is 12.2. The van der Waals surface area contributed by atoms with Gasteiger partial charge in [0.1, 0.15) is 0 Å². The number of amides is 3. The van der Waals surface area contributed by atoms with Crippen molar-refractivity contribution in [2.45, 2.75) is 57.6 Å². The first-order valence-electron chi connectivity index (χ1n) is 10.1. The van der Waals surface area contributed by atoms with E-state index in [0.717, 1.165) is 19.3 Å². The Morgan fingerprint density at radius 3 is 2.79 bits per heavy atom. The van der Waals surface area contributed by atoms with Crippen LogP contribution < -0.4 is 16.0 Å². The van der Waals surface area contributed by atoms with Gasteiger partial charge < -0.3 is 20.7 Å². The maximum Gasteiger partial charge on any atom is 0.315 e. The SMILES string of the molecule is C#Cc1cccc(NC(=O)CNC(=O)N[C@@H]2C[C@@H](OCC)C23CCCCC3)c1. The molecule has 1 aromatic carbocycles. The molecule has 3 rings (SSSR count). The monoisotopic (exact) mass is 383 g/mol. The summed E-state index contributed by atoms with van der Waals surface area (Å²) in [5, 5.41) is 8.46. The number of terminal acetylenes is 1. The van der Waals surface area contributed by atoms with Gasteiger partial charge in [0.2, 0.25) is 5.91 Å². The second-order valence-electron chi connectivity index (χ2n) is 7.63. The molecule has 0 radical (unpaired) electrons. The summed E-state index contributed by atoms with van der Waals surface area (Å²) in [5.74, 6) is 2.23. The van der Waals surface area contributed by atoms with Crippen LogP contribution in [0.1, 0.15) is 51.0 Å². The van der Waals surface area contributed by atoms with Gasteiger partial charge in [0.05, 0.1) is 12.6 Å². The second-order valence-corrected chi connectivity index (χ2v) is 7.63. The quantitative estimate of drug-likeness (QED) is 0.661. The van der Waals surface area contributed by atoms with Crippen LogP contribution in [0.2, 0.25) is 0 Å². The van der Waals surface area contributed by atoms with Crippen LogP contribution in [0.5, 0.6) is 0 Å². The van der Waals surface area contributed by atoms with Crippen LogP contribution in [-0.2, 0) is 9.53 Å². The lowest BCUT2D eigenvalue weighted by Gasteiger charge is -2.57. The molecule has 3 N–H and O–H groups in total. The predicted molar refractivity (Wildman–Crippen MR) is 109 cm³/mol. The molecule has 28 heavy (non-hydrogen) atoms. The molecule has 2 aliphatic rings. The van der Waals surface area contributed by atoms with Gasteiger partial charge in [-0.2, -0.15) is 0 Å². The highest BCUT2D eigenvalue weighted by molar-refractivity contribution is 5.94. The molecular weight excluding hydrogens is 354 g/mol. The van der Waals surface area contributed by atoms with Crippen LogP contribution in [0, 0.1) is 17.8 Å². The van der Waals surface area contributed by atoms with Gasteiger partial charge in [-0.3, -0.25) is 4.79 Å². The number of carbonyl (C=O) groups is 2. The number of anilines is 1. The van der Waals surface area contributed by atoms with E-state index in [-0.39, 0.29) is 36.0 Å². The molecule has 0 saturated heterocycles. The standard InChI is InChI=1S/C22H29N3O3/c1-3-16-9-8-10-17(13-16)24-20(26)15-23-21(27)25-18-14-19(28-4-2)22(18)11-6-5-7-12-22/h1,8-10,13,18-19H,4-7,11-12,14-15H2,2H3,(H,24,26)(H2,23,25,27)/t18-,19-/m1/s1. The van der Waals surface area contributed by atoms with Gasteiger partial charge in [-0.15, -0.1) is 6.42 Å². The maximum absolute atomic E-state index is 12.3. The van der Waals surface area contributed by atoms with E-state index < -0.39 is 0 Å². The van der Waals surface area contributed by atoms with E-state index in [2.05, 4.69) is 21.9 Å². The van der Waals surface area contributed by atoms with E-state index in [1.807, 2.05) is 6.92 Å². The maximum atomic E-state index is 12.3. The third-order valence-electron chi connectivity index (χ3n) is 5.97. The predicted octanol–water partition coefficient (Wildman–Crippen LogP) is 3.03. The lowest BCUT2D eigenvalue weighted by molar-refractivity contribution is -0.146. The van der Waals surface area contributed by atoms with Gasteiger partial charge >= 0.3 is 6.03 Å². The van der Waals surface area contributed by atoms with Crippen molar-refractivity contribution < 1.29 is 14.3 Å². The Morgan fingerprint density at radius 2 is 2.07 bits per heavy atom. The zero-order valence-electron chi connectivity index (χ0n) is 16.4. The van der Waals surface area contributed by atoms with Crippen LogP contribution >= 0.6 is 0 Å². The normalized spacial score (nSPS) is 22.6. The van der Waals surface area contributed by atoms with E-state index in [0.29, 0.717) is 17.9 Å². The number of ether oxygens (including phenoxy) is 1. The van der Waals surface area contributed by atoms with Crippen LogP contribution in [-0.4, -0.2) is 37.2 Å². The number of rotatable bonds is 6. The van der Waals surface area contributed by atoms with Crippen molar-refractivity contribution in [2.24, 2.45) is 5.41 Å². The average Bonchev–Trinajstić information content (AvgIpc) is 2.72. The first kappa shape index (κ1) is 20.2. The van der Waals surface area contributed by atoms with Crippen molar-refractivity contribution in [1.29, 1.82) is 0 Å². The van der Waals surface area contributed by atoms with Crippen molar-refractivity contribution in [3.8, 4) is 12.3 Å². The largest absolute Gasteiger partial charge is 0.378 e. The van der Waals surface area contributed by atoms with Gasteiger partial charge in [-0.05, 0) is 44.4 Å². The van der Waals surface area contributed by atoms with Gasteiger partial charge in [0.15, 0.2) is 0 Å². The molecule has 0 bridgehead atoms. The van der Waals surface area contributed by atoms with E-state index in [1.165, 1.54) is 19.3 Å². The molecule has 0 aromatic heterocycles. The van der Waals surface area contributed by atoms with Crippen LogP contribution in [0.25, 0.3) is 0 Å². The number of hydrogen-bond donors (Lipinski definition) is 3. The van der Waals surface area contributed by atoms with Crippen LogP contribution in [0.4, 0.5) is 10.5 Å². The highest BCUT2D eigenvalue weighted by Crippen LogP contribution is 2.53. The minimum absolute atomic E-state index is 0.0590. The number of urea groups is 1. The molecule has 2 fully saturated rings. The summed E-state index contributed by atoms with van der Waals surface area (Å²) >= 11 is 0. The Hall–Kier alpha value is -2.52. The van der Waals surface area contributed by atoms with Crippen LogP contribution in [0.3, 0.4) is 0 Å². The summed E-state index contributed by atoms with van der Waals surface area (Å²) in [6, 6.07) is 6.84. The van der Waals surface area contributed by atoms with E-state index in [4.69, 9.17) is 11.2 Å². The number of nitrogens with one attached hydrogen (secondary N) is 3. The lowest BCUT2D eigenvalue weighted by atomic mass is 9.55. The fourth-order valence-corrected chi connectivity index (χ4v) is 4.53. The Kier molecular flexibility index (Phi) is 6.58. The van der Waals surface area contributed by atoms with Crippen LogP contribution in [0.15, 0.2) is 24.3 Å². The van der Waals surface area contributed by atoms with Crippen molar-refractivity contribution in [3.05, 3.63) is 29.8 Å². The molecule has 2 aliphatic carbocycles. The zero-order chi connectivity index (χ0) is 20.0. The Labute approximate surface area is 166 Å². The molecule has 6 nitrogen and oxygen atoms in total. The van der Waals surface area contributed by atoms with Gasteiger partial charge in [0.25, 0.3) is 0 Å².